The summed E-state index contributed by atoms with van der Waals surface area (Å²) in [6.45, 7) is 2.30. The molecule has 200 valence electrons. The Morgan fingerprint density at radius 3 is 2.46 bits per heavy atom. The molecule has 0 saturated carbocycles. The summed E-state index contributed by atoms with van der Waals surface area (Å²) in [7, 11) is 1.44. The maximum Gasteiger partial charge on any atom is 0.416 e. The van der Waals surface area contributed by atoms with Crippen molar-refractivity contribution in [2.24, 2.45) is 5.73 Å². The number of aromatic nitrogens is 3. The SMILES string of the molecule is COc1ccc(C(F)(F)F)cc1-c1c(C)sc2c(NC[C@@H](N)Cc3ccccc3)nc(-c3ccncc3)nc12. The number of pyridine rings is 1. The van der Waals surface area contributed by atoms with Crippen molar-refractivity contribution in [3.63, 3.8) is 0 Å². The van der Waals surface area contributed by atoms with Gasteiger partial charge in [-0.1, -0.05) is 30.3 Å². The van der Waals surface area contributed by atoms with Gasteiger partial charge in [-0.25, -0.2) is 9.97 Å². The number of nitrogens with one attached hydrogen (secondary N) is 1. The fourth-order valence-electron chi connectivity index (χ4n) is 4.45. The molecule has 6 nitrogen and oxygen atoms in total. The van der Waals surface area contributed by atoms with Crippen molar-refractivity contribution in [2.75, 3.05) is 19.0 Å². The smallest absolute Gasteiger partial charge is 0.416 e. The fourth-order valence-corrected chi connectivity index (χ4v) is 5.52. The standard InChI is InChI=1S/C29H26F3N5OS/c1-17-24(22-15-20(29(30,31)32)8-9-23(22)38-2)25-26(39-17)28(37-27(36-25)19-10-12-34-13-11-19)35-16-21(33)14-18-6-4-3-5-7-18/h3-13,15,21H,14,16,33H2,1-2H3,(H,35,36,37)/t21-/m0/s1. The third-order valence-corrected chi connectivity index (χ3v) is 7.42. The normalized spacial score (nSPS) is 12.5. The van der Waals surface area contributed by atoms with E-state index in [2.05, 4.69) is 10.3 Å². The third kappa shape index (κ3) is 5.71. The molecule has 0 aliphatic carbocycles. The zero-order valence-electron chi connectivity index (χ0n) is 21.3. The molecule has 3 aromatic heterocycles. The van der Waals surface area contributed by atoms with E-state index in [4.69, 9.17) is 20.4 Å². The van der Waals surface area contributed by atoms with Gasteiger partial charge in [-0.15, -0.1) is 11.3 Å². The van der Waals surface area contributed by atoms with Crippen molar-refractivity contribution < 1.29 is 17.9 Å². The maximum atomic E-state index is 13.6. The second kappa shape index (κ2) is 11.0. The van der Waals surface area contributed by atoms with Gasteiger partial charge in [0.15, 0.2) is 5.82 Å². The van der Waals surface area contributed by atoms with Crippen LogP contribution in [0.25, 0.3) is 32.7 Å². The minimum Gasteiger partial charge on any atom is -0.496 e. The molecule has 0 aliphatic heterocycles. The lowest BCUT2D eigenvalue weighted by molar-refractivity contribution is -0.137. The molecule has 3 N–H and O–H groups in total. The van der Waals surface area contributed by atoms with Gasteiger partial charge in [0, 0.05) is 46.5 Å². The molecule has 0 amide bonds. The van der Waals surface area contributed by atoms with Crippen molar-refractivity contribution in [2.45, 2.75) is 25.6 Å². The van der Waals surface area contributed by atoms with Gasteiger partial charge in [0.2, 0.25) is 0 Å². The van der Waals surface area contributed by atoms with Crippen LogP contribution in [0.1, 0.15) is 16.0 Å². The summed E-state index contributed by atoms with van der Waals surface area (Å²) in [6.07, 6.45) is -0.544. The summed E-state index contributed by atoms with van der Waals surface area (Å²) in [4.78, 5) is 14.5. The number of nitrogens with zero attached hydrogens (tertiary/aromatic N) is 3. The van der Waals surface area contributed by atoms with E-state index >= 15 is 0 Å². The maximum absolute atomic E-state index is 13.6. The van der Waals surface area contributed by atoms with Gasteiger partial charge in [-0.3, -0.25) is 4.98 Å². The summed E-state index contributed by atoms with van der Waals surface area (Å²) >= 11 is 1.41. The fraction of sp³-hybridized carbons (Fsp3) is 0.207. The molecule has 0 spiro atoms. The first-order chi connectivity index (χ1) is 18.7. The van der Waals surface area contributed by atoms with E-state index in [1.54, 1.807) is 24.5 Å². The minimum absolute atomic E-state index is 0.189. The number of thiophene rings is 1. The molecule has 0 aliphatic rings. The Balaban J connectivity index is 1.62. The quantitative estimate of drug-likeness (QED) is 0.223. The molecule has 3 heterocycles. The Bertz CT molecular complexity index is 1590. The van der Waals surface area contributed by atoms with Crippen LogP contribution in [0.2, 0.25) is 0 Å². The molecule has 2 aromatic carbocycles. The van der Waals surface area contributed by atoms with Crippen LogP contribution in [0.3, 0.4) is 0 Å². The van der Waals surface area contributed by atoms with Crippen LogP contribution >= 0.6 is 11.3 Å². The van der Waals surface area contributed by atoms with Gasteiger partial charge >= 0.3 is 6.18 Å². The number of anilines is 1. The van der Waals surface area contributed by atoms with Crippen molar-refractivity contribution in [1.29, 1.82) is 0 Å². The molecule has 10 heteroatoms. The summed E-state index contributed by atoms with van der Waals surface area (Å²) in [6, 6.07) is 16.8. The number of methoxy groups -OCH3 is 1. The highest BCUT2D eigenvalue weighted by molar-refractivity contribution is 7.20. The predicted molar refractivity (Wildman–Crippen MR) is 149 cm³/mol. The molecule has 0 fully saturated rings. The first kappa shape index (κ1) is 26.6. The van der Waals surface area contributed by atoms with E-state index in [1.165, 1.54) is 24.5 Å². The molecule has 5 rings (SSSR count). The number of hydrogen-bond donors (Lipinski definition) is 2. The lowest BCUT2D eigenvalue weighted by atomic mass is 10.0. The van der Waals surface area contributed by atoms with Crippen LogP contribution in [0.5, 0.6) is 5.75 Å². The Hall–Kier alpha value is -4.02. The van der Waals surface area contributed by atoms with E-state index in [1.807, 2.05) is 37.3 Å². The van der Waals surface area contributed by atoms with Gasteiger partial charge in [0.1, 0.15) is 11.6 Å². The molecule has 0 unspecified atom stereocenters. The molecule has 1 atom stereocenters. The van der Waals surface area contributed by atoms with E-state index in [9.17, 15) is 13.2 Å². The lowest BCUT2D eigenvalue weighted by Gasteiger charge is -2.15. The molecule has 0 saturated heterocycles. The number of halogens is 3. The number of rotatable bonds is 8. The molecular formula is C29H26F3N5OS. The number of benzene rings is 2. The van der Waals surface area contributed by atoms with E-state index < -0.39 is 11.7 Å². The van der Waals surface area contributed by atoms with Gasteiger partial charge < -0.3 is 15.8 Å². The predicted octanol–water partition coefficient (Wildman–Crippen LogP) is 6.74. The number of nitrogens with two attached hydrogens (primary N) is 1. The Morgan fingerprint density at radius 2 is 1.77 bits per heavy atom. The molecular weight excluding hydrogens is 523 g/mol. The Morgan fingerprint density at radius 1 is 1.03 bits per heavy atom. The van der Waals surface area contributed by atoms with E-state index in [-0.39, 0.29) is 6.04 Å². The number of alkyl halides is 3. The Kier molecular flexibility index (Phi) is 7.49. The van der Waals surface area contributed by atoms with E-state index in [0.29, 0.717) is 47.0 Å². The zero-order valence-corrected chi connectivity index (χ0v) is 22.1. The van der Waals surface area contributed by atoms with Crippen molar-refractivity contribution in [3.05, 3.63) is 89.1 Å². The molecule has 5 aromatic rings. The number of fused-ring (bicyclic) bond motifs is 1. The highest BCUT2D eigenvalue weighted by atomic mass is 32.1. The topological polar surface area (TPSA) is 86.0 Å². The molecule has 39 heavy (non-hydrogen) atoms. The highest BCUT2D eigenvalue weighted by Gasteiger charge is 2.32. The first-order valence-electron chi connectivity index (χ1n) is 12.2. The van der Waals surface area contributed by atoms with Crippen molar-refractivity contribution >= 4 is 27.4 Å². The summed E-state index contributed by atoms with van der Waals surface area (Å²) in [5.41, 5.74) is 8.97. The van der Waals surface area contributed by atoms with Crippen LogP contribution in [0.15, 0.2) is 73.1 Å². The number of aryl methyl sites for hydroxylation is 1. The number of hydrogen-bond acceptors (Lipinski definition) is 7. The Labute approximate surface area is 227 Å². The van der Waals surface area contributed by atoms with Gasteiger partial charge in [0.05, 0.1) is 22.9 Å². The monoisotopic (exact) mass is 549 g/mol. The van der Waals surface area contributed by atoms with Crippen LogP contribution in [-0.4, -0.2) is 34.6 Å². The summed E-state index contributed by atoms with van der Waals surface area (Å²) < 4.78 is 47.2. The van der Waals surface area contributed by atoms with Crippen LogP contribution < -0.4 is 15.8 Å². The van der Waals surface area contributed by atoms with Gasteiger partial charge in [0.25, 0.3) is 0 Å². The highest BCUT2D eigenvalue weighted by Crippen LogP contribution is 2.45. The lowest BCUT2D eigenvalue weighted by Crippen LogP contribution is -2.31. The zero-order chi connectivity index (χ0) is 27.6. The van der Waals surface area contributed by atoms with Crippen molar-refractivity contribution in [3.8, 4) is 28.3 Å². The average molecular weight is 550 g/mol. The molecule has 0 radical (unpaired) electrons. The number of ether oxygens (including phenoxy) is 1. The van der Waals surface area contributed by atoms with E-state index in [0.717, 1.165) is 32.8 Å². The summed E-state index contributed by atoms with van der Waals surface area (Å²) in [5.74, 6) is 1.32. The second-order valence-electron chi connectivity index (χ2n) is 9.09. The van der Waals surface area contributed by atoms with Gasteiger partial charge in [-0.2, -0.15) is 13.2 Å². The van der Waals surface area contributed by atoms with Crippen LogP contribution in [-0.2, 0) is 12.6 Å². The minimum atomic E-state index is -4.50. The molecule has 0 bridgehead atoms. The second-order valence-corrected chi connectivity index (χ2v) is 10.3. The largest absolute Gasteiger partial charge is 0.496 e. The van der Waals surface area contributed by atoms with Crippen molar-refractivity contribution in [1.82, 2.24) is 15.0 Å². The first-order valence-corrected chi connectivity index (χ1v) is 13.1. The third-order valence-electron chi connectivity index (χ3n) is 6.32. The van der Waals surface area contributed by atoms with Crippen LogP contribution in [0.4, 0.5) is 19.0 Å². The summed E-state index contributed by atoms with van der Waals surface area (Å²) in [5, 5.41) is 3.38. The van der Waals surface area contributed by atoms with Crippen LogP contribution in [0, 0.1) is 6.92 Å². The van der Waals surface area contributed by atoms with Gasteiger partial charge in [-0.05, 0) is 49.2 Å². The average Bonchev–Trinajstić information content (AvgIpc) is 3.27.